The number of hydrogen-bond acceptors (Lipinski definition) is 2. The Labute approximate surface area is 233 Å². The molecule has 8 rings (SSSR count). The molecule has 0 saturated heterocycles. The van der Waals surface area contributed by atoms with E-state index in [2.05, 4.69) is 82.3 Å². The molecule has 0 aliphatic heterocycles. The van der Waals surface area contributed by atoms with Crippen molar-refractivity contribution in [2.45, 2.75) is 66.2 Å². The highest BCUT2D eigenvalue weighted by Crippen LogP contribution is 2.59. The average molecular weight is 521 g/mol. The Morgan fingerprint density at radius 3 is 1.90 bits per heavy atom. The van der Waals surface area contributed by atoms with E-state index in [9.17, 15) is 4.79 Å². The zero-order valence-corrected chi connectivity index (χ0v) is 24.3. The van der Waals surface area contributed by atoms with E-state index in [1.165, 1.54) is 64.9 Å². The van der Waals surface area contributed by atoms with E-state index in [4.69, 9.17) is 4.74 Å². The number of esters is 1. The summed E-state index contributed by atoms with van der Waals surface area (Å²) in [6, 6.07) is 20.9. The van der Waals surface area contributed by atoms with Crippen LogP contribution in [-0.2, 0) is 9.53 Å². The molecule has 4 aliphatic carbocycles. The summed E-state index contributed by atoms with van der Waals surface area (Å²) in [5, 5.41) is 8.62. The van der Waals surface area contributed by atoms with Crippen LogP contribution in [0.15, 0.2) is 54.6 Å². The number of rotatable bonds is 3. The highest BCUT2D eigenvalue weighted by molar-refractivity contribution is 6.23. The maximum Gasteiger partial charge on any atom is 0.302 e. The summed E-state index contributed by atoms with van der Waals surface area (Å²) in [6.45, 7) is 11.9. The molecule has 0 N–H and O–H groups in total. The van der Waals surface area contributed by atoms with Crippen molar-refractivity contribution in [2.75, 3.05) is 6.61 Å². The van der Waals surface area contributed by atoms with Crippen LogP contribution in [0.2, 0.25) is 0 Å². The van der Waals surface area contributed by atoms with Gasteiger partial charge in [-0.05, 0) is 123 Å². The number of ether oxygens (including phenoxy) is 1. The molecular weight excluding hydrogens is 476 g/mol. The van der Waals surface area contributed by atoms with Gasteiger partial charge in [0, 0.05) is 6.92 Å². The zero-order chi connectivity index (χ0) is 27.0. The quantitative estimate of drug-likeness (QED) is 0.199. The van der Waals surface area contributed by atoms with Gasteiger partial charge in [0.1, 0.15) is 0 Å². The van der Waals surface area contributed by atoms with Gasteiger partial charge in [-0.2, -0.15) is 0 Å². The highest BCUT2D eigenvalue weighted by Gasteiger charge is 2.50. The molecule has 4 saturated carbocycles. The first-order valence-corrected chi connectivity index (χ1v) is 15.6. The standard InChI is InChI=1S/C25H24.C12H20O2/c1-14-15(2)22-12-19(14)13-23(22)20-10-8-18-7-6-16-4-3-5-17-9-11-21(20)25(18)24(16)17;1-7-8(2)12-5-10(7)4-11(12)6-14-9(3)13/h3-11,14-15,19,22-23H,12-13H2,1-2H3;7-8,10-12H,4-6H2,1-3H3/t14?,15?,19-,22-,23-;7?,8?,10-,11?,12+/m10/s1. The summed E-state index contributed by atoms with van der Waals surface area (Å²) in [7, 11) is 0. The van der Waals surface area contributed by atoms with Crippen LogP contribution in [0.5, 0.6) is 0 Å². The minimum Gasteiger partial charge on any atom is -0.466 e. The van der Waals surface area contributed by atoms with Gasteiger partial charge in [0.15, 0.2) is 0 Å². The number of hydrogen-bond donors (Lipinski definition) is 0. The second kappa shape index (κ2) is 9.50. The van der Waals surface area contributed by atoms with Crippen molar-refractivity contribution in [3.05, 3.63) is 60.2 Å². The Morgan fingerprint density at radius 2 is 1.28 bits per heavy atom. The largest absolute Gasteiger partial charge is 0.466 e. The van der Waals surface area contributed by atoms with E-state index in [0.29, 0.717) is 12.5 Å². The van der Waals surface area contributed by atoms with Gasteiger partial charge >= 0.3 is 5.97 Å². The summed E-state index contributed by atoms with van der Waals surface area (Å²) < 4.78 is 5.12. The molecule has 0 spiro atoms. The van der Waals surface area contributed by atoms with Gasteiger partial charge in [-0.1, -0.05) is 82.3 Å². The van der Waals surface area contributed by atoms with Gasteiger partial charge in [-0.25, -0.2) is 0 Å². The maximum atomic E-state index is 10.7. The first-order chi connectivity index (χ1) is 18.8. The Bertz CT molecular complexity index is 1500. The van der Waals surface area contributed by atoms with Crippen molar-refractivity contribution in [1.82, 2.24) is 0 Å². The molecule has 4 aromatic carbocycles. The second-order valence-corrected chi connectivity index (χ2v) is 13.9. The molecule has 4 bridgehead atoms. The minimum absolute atomic E-state index is 0.131. The third kappa shape index (κ3) is 3.99. The molecule has 0 amide bonds. The van der Waals surface area contributed by atoms with Gasteiger partial charge in [0.25, 0.3) is 0 Å². The van der Waals surface area contributed by atoms with E-state index in [-0.39, 0.29) is 5.97 Å². The van der Waals surface area contributed by atoms with Gasteiger partial charge in [0.05, 0.1) is 6.61 Å². The van der Waals surface area contributed by atoms with Crippen LogP contribution >= 0.6 is 0 Å². The monoisotopic (exact) mass is 520 g/mol. The van der Waals surface area contributed by atoms with Crippen LogP contribution in [0.1, 0.15) is 71.8 Å². The topological polar surface area (TPSA) is 26.3 Å². The normalized spacial score (nSPS) is 36.6. The van der Waals surface area contributed by atoms with Crippen molar-refractivity contribution >= 4 is 38.3 Å². The molecule has 0 heterocycles. The second-order valence-electron chi connectivity index (χ2n) is 13.9. The van der Waals surface area contributed by atoms with Crippen LogP contribution in [-0.4, -0.2) is 12.6 Å². The highest BCUT2D eigenvalue weighted by atomic mass is 16.5. The summed E-state index contributed by atoms with van der Waals surface area (Å²) in [5.41, 5.74) is 1.62. The lowest BCUT2D eigenvalue weighted by Gasteiger charge is -2.33. The fraction of sp³-hybridized carbons (Fsp3) is 0.541. The Hall–Kier alpha value is -2.61. The van der Waals surface area contributed by atoms with Crippen molar-refractivity contribution in [2.24, 2.45) is 53.3 Å². The molecule has 39 heavy (non-hydrogen) atoms. The smallest absolute Gasteiger partial charge is 0.302 e. The van der Waals surface area contributed by atoms with E-state index in [1.807, 2.05) is 0 Å². The predicted molar refractivity (Wildman–Crippen MR) is 162 cm³/mol. The fourth-order valence-corrected chi connectivity index (χ4v) is 9.89. The van der Waals surface area contributed by atoms with E-state index < -0.39 is 0 Å². The molecule has 2 heteroatoms. The SMILES string of the molecule is CC(=O)OCC1C[C@H]2C[C@@H]1C(C)C2C.CC1C(C)[C@H]2C[C@@H]1C[C@@H]2c1ccc2ccc3cccc4ccc1c2c34. The van der Waals surface area contributed by atoms with E-state index >= 15 is 0 Å². The number of benzene rings is 4. The van der Waals surface area contributed by atoms with Crippen molar-refractivity contribution in [3.8, 4) is 0 Å². The number of fused-ring (bicyclic) bond motifs is 4. The predicted octanol–water partition coefficient (Wildman–Crippen LogP) is 9.46. The van der Waals surface area contributed by atoms with Crippen molar-refractivity contribution in [1.29, 1.82) is 0 Å². The lowest BCUT2D eigenvalue weighted by molar-refractivity contribution is -0.143. The number of carbonyl (C=O) groups excluding carboxylic acids is 1. The van der Waals surface area contributed by atoms with Crippen LogP contribution in [0.4, 0.5) is 0 Å². The number of carbonyl (C=O) groups is 1. The van der Waals surface area contributed by atoms with Crippen LogP contribution in [0, 0.1) is 53.3 Å². The lowest BCUT2D eigenvalue weighted by Crippen LogP contribution is -2.27. The van der Waals surface area contributed by atoms with Gasteiger partial charge < -0.3 is 4.74 Å². The molecule has 0 aromatic heterocycles. The third-order valence-electron chi connectivity index (χ3n) is 12.4. The summed E-state index contributed by atoms with van der Waals surface area (Å²) in [5.74, 6) is 8.34. The molecule has 204 valence electrons. The van der Waals surface area contributed by atoms with E-state index in [1.54, 1.807) is 5.56 Å². The summed E-state index contributed by atoms with van der Waals surface area (Å²) in [4.78, 5) is 10.7. The Morgan fingerprint density at radius 1 is 0.692 bits per heavy atom. The molecule has 4 aliphatic rings. The first kappa shape index (κ1) is 25.4. The molecule has 4 aromatic rings. The van der Waals surface area contributed by atoms with Crippen molar-refractivity contribution in [3.63, 3.8) is 0 Å². The fourth-order valence-electron chi connectivity index (χ4n) is 9.89. The third-order valence-corrected chi connectivity index (χ3v) is 12.4. The minimum atomic E-state index is -0.131. The first-order valence-electron chi connectivity index (χ1n) is 15.6. The van der Waals surface area contributed by atoms with Crippen LogP contribution in [0.25, 0.3) is 32.3 Å². The molecular formula is C37H44O2. The lowest BCUT2D eigenvalue weighted by atomic mass is 9.72. The van der Waals surface area contributed by atoms with Crippen LogP contribution in [0.3, 0.4) is 0 Å². The molecule has 10 atom stereocenters. The Kier molecular flexibility index (Phi) is 6.18. The Balaban J connectivity index is 0.000000154. The van der Waals surface area contributed by atoms with Gasteiger partial charge in [0.2, 0.25) is 0 Å². The van der Waals surface area contributed by atoms with Gasteiger partial charge in [-0.3, -0.25) is 4.79 Å². The molecule has 2 nitrogen and oxygen atoms in total. The molecule has 0 radical (unpaired) electrons. The van der Waals surface area contributed by atoms with Crippen molar-refractivity contribution < 1.29 is 9.53 Å². The van der Waals surface area contributed by atoms with Gasteiger partial charge in [-0.15, -0.1) is 0 Å². The zero-order valence-electron chi connectivity index (χ0n) is 24.3. The summed E-state index contributed by atoms with van der Waals surface area (Å²) >= 11 is 0. The van der Waals surface area contributed by atoms with Crippen LogP contribution < -0.4 is 0 Å². The van der Waals surface area contributed by atoms with E-state index in [0.717, 1.165) is 53.3 Å². The maximum absolute atomic E-state index is 10.7. The molecule has 4 fully saturated rings. The molecule has 5 unspecified atom stereocenters. The summed E-state index contributed by atoms with van der Waals surface area (Å²) in [6.07, 6.45) is 5.51. The average Bonchev–Trinajstić information content (AvgIpc) is 3.69.